The molecule has 24 heavy (non-hydrogen) atoms. The summed E-state index contributed by atoms with van der Waals surface area (Å²) in [5.41, 5.74) is 1.35. The minimum Gasteiger partial charge on any atom is -0.412 e. The second-order valence-electron chi connectivity index (χ2n) is 4.55. The van der Waals surface area contributed by atoms with Crippen molar-refractivity contribution < 1.29 is 26.0 Å². The van der Waals surface area contributed by atoms with Crippen LogP contribution in [0.1, 0.15) is 10.4 Å². The molecule has 0 aliphatic heterocycles. The Bertz CT molecular complexity index is 635. The molecule has 8 heteroatoms. The van der Waals surface area contributed by atoms with E-state index in [-0.39, 0.29) is 34.8 Å². The van der Waals surface area contributed by atoms with Crippen molar-refractivity contribution in [2.75, 3.05) is 18.5 Å². The van der Waals surface area contributed by atoms with E-state index >= 15 is 0 Å². The van der Waals surface area contributed by atoms with Crippen LogP contribution in [0.5, 0.6) is 0 Å². The van der Waals surface area contributed by atoms with Gasteiger partial charge in [-0.2, -0.15) is 0 Å². The summed E-state index contributed by atoms with van der Waals surface area (Å²) in [5, 5.41) is 2.63. The number of anilines is 1. The molecule has 2 rings (SSSR count). The molecule has 2 aromatic rings. The summed E-state index contributed by atoms with van der Waals surface area (Å²) in [5.74, 6) is -0.413. The van der Waals surface area contributed by atoms with E-state index in [1.807, 2.05) is 46.8 Å². The van der Waals surface area contributed by atoms with Gasteiger partial charge in [0.05, 0.1) is 0 Å². The van der Waals surface area contributed by atoms with Crippen molar-refractivity contribution in [3.8, 4) is 0 Å². The fourth-order valence-corrected chi connectivity index (χ4v) is 2.14. The van der Waals surface area contributed by atoms with Crippen LogP contribution in [0.2, 0.25) is 0 Å². The summed E-state index contributed by atoms with van der Waals surface area (Å²) in [6, 6.07) is 16.5. The molecule has 2 amide bonds. The van der Waals surface area contributed by atoms with Gasteiger partial charge < -0.3 is 16.4 Å². The molecule has 0 heterocycles. The Morgan fingerprint density at radius 3 is 2.04 bits per heavy atom. The quantitative estimate of drug-likeness (QED) is 0.624. The molecule has 0 aliphatic rings. The van der Waals surface area contributed by atoms with Crippen LogP contribution >= 0.6 is 0 Å². The zero-order valence-electron chi connectivity index (χ0n) is 13.2. The summed E-state index contributed by atoms with van der Waals surface area (Å²) >= 11 is 1.99. The van der Waals surface area contributed by atoms with Crippen LogP contribution in [0, 0.1) is 0 Å². The molecule has 0 unspecified atom stereocenters. The van der Waals surface area contributed by atoms with Gasteiger partial charge in [-0.25, -0.2) is 0 Å². The van der Waals surface area contributed by atoms with E-state index in [2.05, 4.69) is 5.32 Å². The third-order valence-corrected chi connectivity index (χ3v) is 3.76. The van der Waals surface area contributed by atoms with Crippen molar-refractivity contribution in [2.45, 2.75) is 0 Å². The summed E-state index contributed by atoms with van der Waals surface area (Å²) in [6.45, 7) is -0.0297. The summed E-state index contributed by atoms with van der Waals surface area (Å²) in [7, 11) is 1.70. The van der Waals surface area contributed by atoms with Gasteiger partial charge in [0.25, 0.3) is 0 Å². The molecular weight excluding hydrogens is 373 g/mol. The Kier molecular flexibility index (Phi) is 11.4. The molecule has 0 fully saturated rings. The molecule has 0 atom stereocenters. The molecule has 0 bridgehead atoms. The molecule has 2 aromatic carbocycles. The van der Waals surface area contributed by atoms with Crippen molar-refractivity contribution in [2.24, 2.45) is 0 Å². The van der Waals surface area contributed by atoms with Crippen LogP contribution in [0.3, 0.4) is 0 Å². The first-order valence-corrected chi connectivity index (χ1v) is 7.54. The molecule has 7 nitrogen and oxygen atoms in total. The number of nitrogens with zero attached hydrogens (tertiary/aromatic N) is 1. The molecule has 0 saturated carbocycles. The molecule has 0 aromatic heterocycles. The fraction of sp³-hybridized carbons (Fsp3) is 0.125. The van der Waals surface area contributed by atoms with Gasteiger partial charge in [0.15, 0.2) is 0 Å². The van der Waals surface area contributed by atoms with Gasteiger partial charge in [-0.05, 0) is 0 Å². The van der Waals surface area contributed by atoms with Gasteiger partial charge >= 0.3 is 126 Å². The fourth-order valence-electron chi connectivity index (χ4n) is 1.80. The van der Waals surface area contributed by atoms with Crippen molar-refractivity contribution in [1.29, 1.82) is 0 Å². The van der Waals surface area contributed by atoms with E-state index in [0.717, 1.165) is 10.1 Å². The monoisotopic (exact) mass is 395 g/mol. The van der Waals surface area contributed by atoms with E-state index in [1.54, 1.807) is 31.3 Å². The number of amides is 2. The number of likely N-dealkylation sites (N-methyl/N-ethyl adjacent to an activating group) is 1. The molecule has 7 N–H and O–H groups in total. The second kappa shape index (κ2) is 11.4. The molecule has 129 valence electrons. The van der Waals surface area contributed by atoms with Crippen molar-refractivity contribution in [1.82, 2.24) is 5.32 Å². The van der Waals surface area contributed by atoms with Gasteiger partial charge in [-0.1, -0.05) is 6.07 Å². The maximum atomic E-state index is 12.1. The zero-order chi connectivity index (χ0) is 15.2. The number of carbonyl (C=O) groups is 2. The van der Waals surface area contributed by atoms with Crippen LogP contribution in [0.25, 0.3) is 0 Å². The average Bonchev–Trinajstić information content (AvgIpc) is 2.53. The molecule has 0 saturated heterocycles. The number of nitrogens with one attached hydrogen (secondary N) is 1. The van der Waals surface area contributed by atoms with E-state index in [4.69, 9.17) is 0 Å². The SMILES string of the molecule is CN(C(=O)CNC(=O)c1ccccc1)c1cc[c]([Ge])cc1.O.O.O. The Morgan fingerprint density at radius 1 is 0.958 bits per heavy atom. The number of rotatable bonds is 4. The van der Waals surface area contributed by atoms with Crippen LogP contribution in [-0.2, 0) is 4.79 Å². The maximum absolute atomic E-state index is 12.1. The van der Waals surface area contributed by atoms with Gasteiger partial charge in [0.2, 0.25) is 0 Å². The van der Waals surface area contributed by atoms with Crippen molar-refractivity contribution in [3.05, 3.63) is 60.2 Å². The molecule has 0 spiro atoms. The Hall–Kier alpha value is -2.20. The smallest absolute Gasteiger partial charge is 0.412 e. The molecule has 3 radical (unpaired) electrons. The zero-order valence-corrected chi connectivity index (χ0v) is 15.3. The molecular formula is C16H21GeN2O5. The van der Waals surface area contributed by atoms with Gasteiger partial charge in [-0.3, -0.25) is 0 Å². The Morgan fingerprint density at radius 2 is 1.50 bits per heavy atom. The van der Waals surface area contributed by atoms with Crippen molar-refractivity contribution in [3.63, 3.8) is 0 Å². The van der Waals surface area contributed by atoms with Crippen LogP contribution < -0.4 is 14.6 Å². The van der Waals surface area contributed by atoms with Gasteiger partial charge in [0.1, 0.15) is 0 Å². The first-order valence-electron chi connectivity index (χ1n) is 6.49. The number of carbonyl (C=O) groups excluding carboxylic acids is 2. The summed E-state index contributed by atoms with van der Waals surface area (Å²) in [6.07, 6.45) is 0. The van der Waals surface area contributed by atoms with E-state index < -0.39 is 0 Å². The number of benzene rings is 2. The first kappa shape index (κ1) is 24.1. The van der Waals surface area contributed by atoms with E-state index in [0.29, 0.717) is 5.56 Å². The van der Waals surface area contributed by atoms with Crippen LogP contribution in [0.4, 0.5) is 5.69 Å². The Labute approximate surface area is 148 Å². The number of hydrogen-bond donors (Lipinski definition) is 1. The predicted molar refractivity (Wildman–Crippen MR) is 94.9 cm³/mol. The second-order valence-corrected chi connectivity index (χ2v) is 5.76. The largest absolute Gasteiger partial charge is 0.412 e. The van der Waals surface area contributed by atoms with Crippen LogP contribution in [0.15, 0.2) is 54.6 Å². The third-order valence-electron chi connectivity index (χ3n) is 3.06. The minimum absolute atomic E-state index is 0. The maximum Gasteiger partial charge on any atom is -0.412 e. The topological polar surface area (TPSA) is 144 Å². The van der Waals surface area contributed by atoms with Crippen LogP contribution in [-0.4, -0.2) is 58.3 Å². The standard InChI is InChI=1S/C16H15GeN2O2.3H2O/c1-19(14-9-7-13(17)8-10-14)15(20)11-18-16(21)12-5-3-2-4-6-12;;;/h2-10H,11H2,1H3,(H,18,21);3*1H2. The first-order chi connectivity index (χ1) is 10.1. The van der Waals surface area contributed by atoms with Crippen molar-refractivity contribution >= 4 is 38.4 Å². The van der Waals surface area contributed by atoms with Gasteiger partial charge in [-0.15, -0.1) is 0 Å². The van der Waals surface area contributed by atoms with Gasteiger partial charge in [0, 0.05) is 0 Å². The van der Waals surface area contributed by atoms with E-state index in [9.17, 15) is 9.59 Å². The average molecular weight is 394 g/mol. The summed E-state index contributed by atoms with van der Waals surface area (Å²) in [4.78, 5) is 25.5. The third kappa shape index (κ3) is 6.51. The summed E-state index contributed by atoms with van der Waals surface area (Å²) < 4.78 is 1.14. The van der Waals surface area contributed by atoms with E-state index in [1.165, 1.54) is 4.90 Å². The molecule has 0 aliphatic carbocycles. The normalized spacial score (nSPS) is 8.75. The minimum atomic E-state index is -0.249. The number of hydrogen-bond acceptors (Lipinski definition) is 2. The predicted octanol–water partition coefficient (Wildman–Crippen LogP) is -1.60. The Balaban J connectivity index is 0.